The van der Waals surface area contributed by atoms with Crippen molar-refractivity contribution in [3.05, 3.63) is 112 Å². The van der Waals surface area contributed by atoms with Crippen LogP contribution in [0, 0.1) is 6.92 Å². The quantitative estimate of drug-likeness (QED) is 0.385. The maximum absolute atomic E-state index is 13.6. The number of hydrogen-bond donors (Lipinski definition) is 1. The Morgan fingerprint density at radius 3 is 2.55 bits per heavy atom. The number of carbonyl (C=O) groups excluding carboxylic acids is 2. The molecule has 3 unspecified atom stereocenters. The predicted molar refractivity (Wildman–Crippen MR) is 150 cm³/mol. The highest BCUT2D eigenvalue weighted by Gasteiger charge is 2.41. The second kappa shape index (κ2) is 11.7. The largest absolute Gasteiger partial charge is 0.482 e. The van der Waals surface area contributed by atoms with E-state index in [0.717, 1.165) is 36.8 Å². The second-order valence-corrected chi connectivity index (χ2v) is 10.6. The van der Waals surface area contributed by atoms with Gasteiger partial charge in [-0.05, 0) is 67.0 Å². The molecule has 5 heteroatoms. The predicted octanol–water partition coefficient (Wildman–Crippen LogP) is 6.24. The summed E-state index contributed by atoms with van der Waals surface area (Å²) in [5, 5.41) is 3.03. The van der Waals surface area contributed by atoms with Crippen LogP contribution in [0.2, 0.25) is 0 Å². The second-order valence-electron chi connectivity index (χ2n) is 10.6. The third kappa shape index (κ3) is 5.99. The van der Waals surface area contributed by atoms with Gasteiger partial charge >= 0.3 is 0 Å². The van der Waals surface area contributed by atoms with Gasteiger partial charge in [0.25, 0.3) is 11.8 Å². The zero-order chi connectivity index (χ0) is 26.5. The molecular weight excluding hydrogens is 472 g/mol. The molecule has 0 radical (unpaired) electrons. The zero-order valence-corrected chi connectivity index (χ0v) is 22.2. The highest BCUT2D eigenvalue weighted by molar-refractivity contribution is 5.97. The minimum Gasteiger partial charge on any atom is -0.482 e. The number of nitrogens with one attached hydrogen (secondary N) is 1. The number of hydrogen-bond acceptors (Lipinski definition) is 3. The van der Waals surface area contributed by atoms with Crippen molar-refractivity contribution in [2.24, 2.45) is 0 Å². The highest BCUT2D eigenvalue weighted by Crippen LogP contribution is 2.34. The lowest BCUT2D eigenvalue weighted by Crippen LogP contribution is -2.54. The van der Waals surface area contributed by atoms with Gasteiger partial charge < -0.3 is 15.0 Å². The Bertz CT molecular complexity index is 1300. The fraction of sp³-hybridized carbons (Fsp3) is 0.333. The highest BCUT2D eigenvalue weighted by atomic mass is 16.5. The molecule has 3 aromatic rings. The lowest BCUT2D eigenvalue weighted by molar-refractivity contribution is -0.149. The molecule has 1 aliphatic heterocycles. The lowest BCUT2D eigenvalue weighted by Gasteiger charge is -2.44. The molecule has 5 rings (SSSR count). The third-order valence-electron chi connectivity index (χ3n) is 7.66. The molecule has 1 aliphatic carbocycles. The summed E-state index contributed by atoms with van der Waals surface area (Å²) in [7, 11) is 0. The molecule has 5 nitrogen and oxygen atoms in total. The lowest BCUT2D eigenvalue weighted by atomic mass is 9.89. The number of aryl methyl sites for hydroxylation is 1. The summed E-state index contributed by atoms with van der Waals surface area (Å²) >= 11 is 0. The Hall–Kier alpha value is -3.86. The normalized spacial score (nSPS) is 20.9. The van der Waals surface area contributed by atoms with E-state index < -0.39 is 0 Å². The van der Waals surface area contributed by atoms with Crippen LogP contribution in [0.25, 0.3) is 6.08 Å². The fourth-order valence-electron chi connectivity index (χ4n) is 5.50. The third-order valence-corrected chi connectivity index (χ3v) is 7.66. The van der Waals surface area contributed by atoms with Crippen molar-refractivity contribution in [3.63, 3.8) is 0 Å². The molecule has 38 heavy (non-hydrogen) atoms. The number of amides is 2. The van der Waals surface area contributed by atoms with Gasteiger partial charge in [0.1, 0.15) is 6.10 Å². The van der Waals surface area contributed by atoms with Crippen LogP contribution in [0.15, 0.2) is 84.6 Å². The molecule has 1 heterocycles. The molecule has 0 bridgehead atoms. The Kier molecular flexibility index (Phi) is 7.92. The number of fused-ring (bicyclic) bond motifs is 1. The van der Waals surface area contributed by atoms with Gasteiger partial charge in [-0.15, -0.1) is 0 Å². The molecule has 0 spiro atoms. The first-order valence-electron chi connectivity index (χ1n) is 13.7. The Morgan fingerprint density at radius 1 is 1.03 bits per heavy atom. The molecule has 2 amide bonds. The number of rotatable bonds is 7. The van der Waals surface area contributed by atoms with Crippen LogP contribution in [0.4, 0.5) is 0 Å². The standard InChI is InChI=1S/C33H36N2O3/c1-23-9-8-10-26(19-23)22-35-29-13-6-7-14-30(29)38-31(33(35)37)20-25-15-17-28(18-16-25)32(36)34-21-24(2)27-11-4-3-5-12-27/h3-5,8-12,15-20,24,29-30H,6-7,13-14,21-22H2,1-2H3,(H,34,36)/b31-20+. The van der Waals surface area contributed by atoms with Gasteiger partial charge in [-0.25, -0.2) is 0 Å². The Labute approximate surface area is 225 Å². The zero-order valence-electron chi connectivity index (χ0n) is 22.2. The van der Waals surface area contributed by atoms with Crippen molar-refractivity contribution in [2.45, 2.75) is 64.1 Å². The van der Waals surface area contributed by atoms with Crippen molar-refractivity contribution in [1.29, 1.82) is 0 Å². The number of morpholine rings is 1. The Morgan fingerprint density at radius 2 is 1.79 bits per heavy atom. The average Bonchev–Trinajstić information content (AvgIpc) is 2.94. The van der Waals surface area contributed by atoms with E-state index in [2.05, 4.69) is 49.5 Å². The first kappa shape index (κ1) is 25.8. The molecular formula is C33H36N2O3. The van der Waals surface area contributed by atoms with Crippen LogP contribution in [0.3, 0.4) is 0 Å². The summed E-state index contributed by atoms with van der Waals surface area (Å²) in [5.41, 5.74) is 4.96. The van der Waals surface area contributed by atoms with Gasteiger partial charge in [-0.3, -0.25) is 9.59 Å². The van der Waals surface area contributed by atoms with Crippen LogP contribution in [0.5, 0.6) is 0 Å². The maximum atomic E-state index is 13.6. The topological polar surface area (TPSA) is 58.6 Å². The number of ether oxygens (including phenoxy) is 1. The minimum atomic E-state index is -0.105. The SMILES string of the molecule is Cc1cccc(CN2C(=O)/C(=C\c3ccc(C(=O)NCC(C)c4ccccc4)cc3)OC3CCCCC32)c1. The van der Waals surface area contributed by atoms with Crippen molar-refractivity contribution in [3.8, 4) is 0 Å². The summed E-state index contributed by atoms with van der Waals surface area (Å²) in [4.78, 5) is 28.3. The Balaban J connectivity index is 1.28. The molecule has 196 valence electrons. The van der Waals surface area contributed by atoms with E-state index in [1.54, 1.807) is 12.1 Å². The van der Waals surface area contributed by atoms with Crippen molar-refractivity contribution >= 4 is 17.9 Å². The van der Waals surface area contributed by atoms with Crippen LogP contribution >= 0.6 is 0 Å². The van der Waals surface area contributed by atoms with Crippen LogP contribution < -0.4 is 5.32 Å². The van der Waals surface area contributed by atoms with Crippen LogP contribution in [0.1, 0.15) is 71.1 Å². The molecule has 2 fully saturated rings. The summed E-state index contributed by atoms with van der Waals surface area (Å²) in [6.07, 6.45) is 6.01. The summed E-state index contributed by atoms with van der Waals surface area (Å²) in [6, 6.07) is 26.0. The van der Waals surface area contributed by atoms with E-state index >= 15 is 0 Å². The first-order valence-corrected chi connectivity index (χ1v) is 13.7. The summed E-state index contributed by atoms with van der Waals surface area (Å²) in [5.74, 6) is 0.442. The van der Waals surface area contributed by atoms with Gasteiger partial charge in [0.05, 0.1) is 6.04 Å². The fourth-order valence-corrected chi connectivity index (χ4v) is 5.50. The molecule has 3 atom stereocenters. The molecule has 3 aromatic carbocycles. The maximum Gasteiger partial charge on any atom is 0.289 e. The van der Waals surface area contributed by atoms with E-state index in [1.807, 2.05) is 47.4 Å². The first-order chi connectivity index (χ1) is 18.5. The molecule has 1 saturated heterocycles. The minimum absolute atomic E-state index is 0.0224. The monoisotopic (exact) mass is 508 g/mol. The van der Waals surface area contributed by atoms with Gasteiger partial charge in [0.2, 0.25) is 0 Å². The number of nitrogens with zero attached hydrogens (tertiary/aromatic N) is 1. The smallest absolute Gasteiger partial charge is 0.289 e. The van der Waals surface area contributed by atoms with Gasteiger partial charge in [-0.1, -0.05) is 85.6 Å². The van der Waals surface area contributed by atoms with Crippen LogP contribution in [-0.2, 0) is 16.1 Å². The van der Waals surface area contributed by atoms with Gasteiger partial charge in [0.15, 0.2) is 5.76 Å². The van der Waals surface area contributed by atoms with E-state index in [9.17, 15) is 9.59 Å². The van der Waals surface area contributed by atoms with E-state index in [0.29, 0.717) is 24.4 Å². The molecule has 1 saturated carbocycles. The number of benzene rings is 3. The van der Waals surface area contributed by atoms with Crippen LogP contribution in [-0.4, -0.2) is 35.4 Å². The molecule has 1 N–H and O–H groups in total. The average molecular weight is 509 g/mol. The van der Waals surface area contributed by atoms with Gasteiger partial charge in [-0.2, -0.15) is 0 Å². The van der Waals surface area contributed by atoms with Gasteiger partial charge in [0, 0.05) is 18.7 Å². The van der Waals surface area contributed by atoms with Crippen molar-refractivity contribution in [2.75, 3.05) is 6.54 Å². The van der Waals surface area contributed by atoms with Crippen molar-refractivity contribution in [1.82, 2.24) is 10.2 Å². The molecule has 0 aromatic heterocycles. The summed E-state index contributed by atoms with van der Waals surface area (Å²) < 4.78 is 6.27. The van der Waals surface area contributed by atoms with E-state index in [4.69, 9.17) is 4.74 Å². The summed E-state index contributed by atoms with van der Waals surface area (Å²) in [6.45, 7) is 5.33. The van der Waals surface area contributed by atoms with E-state index in [-0.39, 0.29) is 29.9 Å². The van der Waals surface area contributed by atoms with E-state index in [1.165, 1.54) is 11.1 Å². The number of carbonyl (C=O) groups is 2. The van der Waals surface area contributed by atoms with Crippen molar-refractivity contribution < 1.29 is 14.3 Å². The molecule has 2 aliphatic rings.